The van der Waals surface area contributed by atoms with Gasteiger partial charge < -0.3 is 5.73 Å². The number of thiophene rings is 1. The van der Waals surface area contributed by atoms with Gasteiger partial charge in [-0.25, -0.2) is 0 Å². The Bertz CT molecular complexity index is 519. The predicted molar refractivity (Wildman–Crippen MR) is 76.1 cm³/mol. The molecule has 1 heterocycles. The number of hydrogen-bond acceptors (Lipinski definition) is 2. The molecule has 3 heteroatoms. The summed E-state index contributed by atoms with van der Waals surface area (Å²) in [5.41, 5.74) is 9.80. The second-order valence-corrected chi connectivity index (χ2v) is 6.04. The first-order valence-corrected chi connectivity index (χ1v) is 6.83. The molecule has 1 aromatic heterocycles. The fourth-order valence-electron chi connectivity index (χ4n) is 2.13. The smallest absolute Gasteiger partial charge is 0.0931 e. The second kappa shape index (κ2) is 5.21. The van der Waals surface area contributed by atoms with E-state index in [1.807, 2.05) is 6.07 Å². The molecule has 1 atom stereocenters. The van der Waals surface area contributed by atoms with Gasteiger partial charge in [0.15, 0.2) is 0 Å². The third kappa shape index (κ3) is 2.71. The van der Waals surface area contributed by atoms with Crippen LogP contribution in [0.15, 0.2) is 30.3 Å². The van der Waals surface area contributed by atoms with Crippen LogP contribution in [-0.2, 0) is 0 Å². The van der Waals surface area contributed by atoms with Crippen molar-refractivity contribution in [2.45, 2.75) is 19.8 Å². The molecule has 0 amide bonds. The Morgan fingerprint density at radius 1 is 1.24 bits per heavy atom. The maximum atomic E-state index is 5.99. The lowest BCUT2D eigenvalue weighted by molar-refractivity contribution is 0.827. The van der Waals surface area contributed by atoms with Gasteiger partial charge >= 0.3 is 0 Å². The van der Waals surface area contributed by atoms with Gasteiger partial charge in [0.25, 0.3) is 0 Å². The van der Waals surface area contributed by atoms with Gasteiger partial charge in [0.1, 0.15) is 0 Å². The molecule has 0 spiro atoms. The van der Waals surface area contributed by atoms with E-state index in [1.54, 1.807) is 11.3 Å². The summed E-state index contributed by atoms with van der Waals surface area (Å²) < 4.78 is 0.822. The van der Waals surface area contributed by atoms with Crippen molar-refractivity contribution in [2.24, 2.45) is 5.73 Å². The van der Waals surface area contributed by atoms with E-state index in [9.17, 15) is 0 Å². The fraction of sp³-hybridized carbons (Fsp3) is 0.286. The molecule has 1 aromatic carbocycles. The number of aryl methyl sites for hydroxylation is 2. The van der Waals surface area contributed by atoms with Crippen molar-refractivity contribution in [1.82, 2.24) is 0 Å². The summed E-state index contributed by atoms with van der Waals surface area (Å²) in [6.45, 7) is 4.86. The lowest BCUT2D eigenvalue weighted by Crippen LogP contribution is -2.13. The minimum absolute atomic E-state index is 0.257. The van der Waals surface area contributed by atoms with Crippen LogP contribution in [0.5, 0.6) is 0 Å². The molecular formula is C14H16ClNS. The first-order chi connectivity index (χ1) is 8.11. The van der Waals surface area contributed by atoms with Crippen LogP contribution in [0.4, 0.5) is 0 Å². The van der Waals surface area contributed by atoms with Crippen LogP contribution in [0.3, 0.4) is 0 Å². The van der Waals surface area contributed by atoms with Gasteiger partial charge in [-0.05, 0) is 37.1 Å². The zero-order chi connectivity index (χ0) is 12.4. The average molecular weight is 266 g/mol. The predicted octanol–water partition coefficient (Wildman–Crippen LogP) is 4.11. The van der Waals surface area contributed by atoms with Crippen LogP contribution >= 0.6 is 22.9 Å². The monoisotopic (exact) mass is 265 g/mol. The molecule has 2 rings (SSSR count). The third-order valence-corrected chi connectivity index (χ3v) is 4.32. The highest BCUT2D eigenvalue weighted by Gasteiger charge is 2.16. The summed E-state index contributed by atoms with van der Waals surface area (Å²) in [6.07, 6.45) is 0. The highest BCUT2D eigenvalue weighted by atomic mass is 35.5. The number of nitrogens with two attached hydrogens (primary N) is 1. The highest BCUT2D eigenvalue weighted by Crippen LogP contribution is 2.33. The van der Waals surface area contributed by atoms with Crippen molar-refractivity contribution in [3.8, 4) is 0 Å². The zero-order valence-corrected chi connectivity index (χ0v) is 11.6. The SMILES string of the molecule is Cc1ccc(C(CN)c2ccc(Cl)s2)c(C)c1. The van der Waals surface area contributed by atoms with Crippen LogP contribution in [0.25, 0.3) is 0 Å². The summed E-state index contributed by atoms with van der Waals surface area (Å²) >= 11 is 7.61. The van der Waals surface area contributed by atoms with Gasteiger partial charge in [-0.2, -0.15) is 0 Å². The molecule has 0 aliphatic carbocycles. The maximum absolute atomic E-state index is 5.99. The minimum Gasteiger partial charge on any atom is -0.329 e. The number of rotatable bonds is 3. The van der Waals surface area contributed by atoms with Gasteiger partial charge in [-0.3, -0.25) is 0 Å². The van der Waals surface area contributed by atoms with Crippen LogP contribution in [0, 0.1) is 13.8 Å². The van der Waals surface area contributed by atoms with E-state index in [2.05, 4.69) is 38.1 Å². The Kier molecular flexibility index (Phi) is 3.87. The molecule has 1 unspecified atom stereocenters. The van der Waals surface area contributed by atoms with Crippen LogP contribution in [0.2, 0.25) is 4.34 Å². The largest absolute Gasteiger partial charge is 0.329 e. The van der Waals surface area contributed by atoms with E-state index < -0.39 is 0 Å². The molecule has 0 saturated carbocycles. The van der Waals surface area contributed by atoms with Crippen LogP contribution in [-0.4, -0.2) is 6.54 Å². The van der Waals surface area contributed by atoms with Crippen molar-refractivity contribution in [3.05, 3.63) is 56.2 Å². The van der Waals surface area contributed by atoms with E-state index in [4.69, 9.17) is 17.3 Å². The van der Waals surface area contributed by atoms with Crippen LogP contribution < -0.4 is 5.73 Å². The van der Waals surface area contributed by atoms with Gasteiger partial charge in [-0.1, -0.05) is 35.4 Å². The summed E-state index contributed by atoms with van der Waals surface area (Å²) in [6, 6.07) is 10.5. The van der Waals surface area contributed by atoms with Crippen molar-refractivity contribution < 1.29 is 0 Å². The molecule has 0 radical (unpaired) electrons. The first kappa shape index (κ1) is 12.6. The molecule has 0 saturated heterocycles. The zero-order valence-electron chi connectivity index (χ0n) is 10.0. The Labute approximate surface area is 111 Å². The average Bonchev–Trinajstić information content (AvgIpc) is 2.69. The van der Waals surface area contributed by atoms with Gasteiger partial charge in [-0.15, -0.1) is 11.3 Å². The molecule has 2 N–H and O–H groups in total. The lowest BCUT2D eigenvalue weighted by atomic mass is 9.92. The van der Waals surface area contributed by atoms with E-state index in [-0.39, 0.29) is 5.92 Å². The van der Waals surface area contributed by atoms with Crippen molar-refractivity contribution >= 4 is 22.9 Å². The Balaban J connectivity index is 2.42. The molecule has 90 valence electrons. The maximum Gasteiger partial charge on any atom is 0.0931 e. The molecule has 0 aliphatic heterocycles. The number of halogens is 1. The molecule has 0 fully saturated rings. The van der Waals surface area contributed by atoms with Crippen molar-refractivity contribution in [3.63, 3.8) is 0 Å². The number of hydrogen-bond donors (Lipinski definition) is 1. The van der Waals surface area contributed by atoms with E-state index >= 15 is 0 Å². The Morgan fingerprint density at radius 3 is 2.53 bits per heavy atom. The van der Waals surface area contributed by atoms with Gasteiger partial charge in [0.05, 0.1) is 4.34 Å². The Hall–Kier alpha value is -0.830. The standard InChI is InChI=1S/C14H16ClNS/c1-9-3-4-11(10(2)7-9)12(8-16)13-5-6-14(15)17-13/h3-7,12H,8,16H2,1-2H3. The summed E-state index contributed by atoms with van der Waals surface area (Å²) in [5.74, 6) is 0.257. The Morgan fingerprint density at radius 2 is 2.00 bits per heavy atom. The summed E-state index contributed by atoms with van der Waals surface area (Å²) in [5, 5.41) is 0. The molecule has 2 aromatic rings. The molecule has 0 aliphatic rings. The molecule has 0 bridgehead atoms. The van der Waals surface area contributed by atoms with Crippen LogP contribution in [0.1, 0.15) is 27.5 Å². The first-order valence-electron chi connectivity index (χ1n) is 5.64. The summed E-state index contributed by atoms with van der Waals surface area (Å²) in [4.78, 5) is 1.24. The molecular weight excluding hydrogens is 250 g/mol. The topological polar surface area (TPSA) is 26.0 Å². The quantitative estimate of drug-likeness (QED) is 0.888. The fourth-order valence-corrected chi connectivity index (χ4v) is 3.32. The lowest BCUT2D eigenvalue weighted by Gasteiger charge is -2.16. The molecule has 1 nitrogen and oxygen atoms in total. The third-order valence-electron chi connectivity index (χ3n) is 2.97. The van der Waals surface area contributed by atoms with E-state index in [1.165, 1.54) is 21.6 Å². The van der Waals surface area contributed by atoms with E-state index in [0.717, 1.165) is 4.34 Å². The summed E-state index contributed by atoms with van der Waals surface area (Å²) in [7, 11) is 0. The van der Waals surface area contributed by atoms with Gasteiger partial charge in [0, 0.05) is 17.3 Å². The minimum atomic E-state index is 0.257. The highest BCUT2D eigenvalue weighted by molar-refractivity contribution is 7.16. The molecule has 17 heavy (non-hydrogen) atoms. The number of benzene rings is 1. The normalized spacial score (nSPS) is 12.7. The second-order valence-electron chi connectivity index (χ2n) is 4.29. The van der Waals surface area contributed by atoms with Gasteiger partial charge in [0.2, 0.25) is 0 Å². The van der Waals surface area contributed by atoms with Crippen molar-refractivity contribution in [1.29, 1.82) is 0 Å². The van der Waals surface area contributed by atoms with Crippen molar-refractivity contribution in [2.75, 3.05) is 6.54 Å². The van der Waals surface area contributed by atoms with E-state index in [0.29, 0.717) is 6.54 Å².